The van der Waals surface area contributed by atoms with Crippen LogP contribution in [-0.2, 0) is 4.74 Å². The zero-order chi connectivity index (χ0) is 24.9. The minimum atomic E-state index is -0.322. The summed E-state index contributed by atoms with van der Waals surface area (Å²) in [6, 6.07) is 11.8. The number of carbonyl (C=O) groups is 1. The molecule has 2 aromatic carbocycles. The molecule has 3 aromatic rings. The van der Waals surface area contributed by atoms with Crippen molar-refractivity contribution in [2.75, 3.05) is 47.1 Å². The molecule has 9 heteroatoms. The third-order valence-electron chi connectivity index (χ3n) is 6.32. The van der Waals surface area contributed by atoms with Crippen molar-refractivity contribution >= 4 is 5.91 Å². The second kappa shape index (κ2) is 10.9. The van der Waals surface area contributed by atoms with E-state index in [4.69, 9.17) is 14.2 Å². The number of nitrogens with one attached hydrogen (secondary N) is 1. The molecular weight excluding hydrogens is 451 g/mol. The van der Waals surface area contributed by atoms with Crippen LogP contribution in [0.15, 0.2) is 42.5 Å². The Bertz CT molecular complexity index is 1170. The fraction of sp³-hybridized carbons (Fsp3) is 0.385. The van der Waals surface area contributed by atoms with Crippen LogP contribution in [0.4, 0.5) is 4.39 Å². The van der Waals surface area contributed by atoms with E-state index in [-0.39, 0.29) is 17.8 Å². The van der Waals surface area contributed by atoms with Crippen molar-refractivity contribution < 1.29 is 23.4 Å². The second-order valence-corrected chi connectivity index (χ2v) is 8.42. The molecule has 186 valence electrons. The van der Waals surface area contributed by atoms with Gasteiger partial charge in [0.25, 0.3) is 5.91 Å². The molecule has 2 heterocycles. The Morgan fingerprint density at radius 2 is 1.77 bits per heavy atom. The van der Waals surface area contributed by atoms with Gasteiger partial charge in [-0.3, -0.25) is 9.69 Å². The van der Waals surface area contributed by atoms with Crippen LogP contribution >= 0.6 is 0 Å². The summed E-state index contributed by atoms with van der Waals surface area (Å²) in [4.78, 5) is 15.6. The van der Waals surface area contributed by atoms with E-state index >= 15 is 0 Å². The highest BCUT2D eigenvalue weighted by molar-refractivity contribution is 5.96. The fourth-order valence-corrected chi connectivity index (χ4v) is 4.49. The van der Waals surface area contributed by atoms with Crippen molar-refractivity contribution in [2.24, 2.45) is 0 Å². The molecule has 0 radical (unpaired) electrons. The maximum Gasteiger partial charge on any atom is 0.255 e. The van der Waals surface area contributed by atoms with E-state index in [1.165, 1.54) is 12.1 Å². The molecule has 1 amide bonds. The average molecular weight is 483 g/mol. The maximum atomic E-state index is 13.4. The normalized spacial score (nSPS) is 15.0. The Morgan fingerprint density at radius 3 is 2.43 bits per heavy atom. The van der Waals surface area contributed by atoms with Crippen LogP contribution in [0.25, 0.3) is 5.69 Å². The predicted octanol–water partition coefficient (Wildman–Crippen LogP) is 3.45. The first-order valence-corrected chi connectivity index (χ1v) is 11.6. The van der Waals surface area contributed by atoms with E-state index in [9.17, 15) is 9.18 Å². The van der Waals surface area contributed by atoms with Crippen molar-refractivity contribution in [3.05, 3.63) is 70.8 Å². The number of aryl methyl sites for hydroxylation is 1. The highest BCUT2D eigenvalue weighted by Gasteiger charge is 2.26. The number of hydrogen-bond donors (Lipinski definition) is 1. The molecule has 35 heavy (non-hydrogen) atoms. The summed E-state index contributed by atoms with van der Waals surface area (Å²) in [6.07, 6.45) is 0. The maximum absolute atomic E-state index is 13.4. The topological polar surface area (TPSA) is 77.9 Å². The van der Waals surface area contributed by atoms with Crippen LogP contribution in [0.1, 0.15) is 33.4 Å². The van der Waals surface area contributed by atoms with Gasteiger partial charge < -0.3 is 19.5 Å². The minimum Gasteiger partial charge on any atom is -0.493 e. The molecule has 0 aliphatic carbocycles. The number of morpholine rings is 1. The summed E-state index contributed by atoms with van der Waals surface area (Å²) in [5, 5.41) is 7.63. The number of rotatable bonds is 8. The van der Waals surface area contributed by atoms with Crippen molar-refractivity contribution in [1.82, 2.24) is 20.0 Å². The quantitative estimate of drug-likeness (QED) is 0.530. The number of nitrogens with zero attached hydrogens (tertiary/aromatic N) is 3. The number of methoxy groups -OCH3 is 2. The summed E-state index contributed by atoms with van der Waals surface area (Å²) in [7, 11) is 3.21. The van der Waals surface area contributed by atoms with Crippen LogP contribution in [0, 0.1) is 19.7 Å². The average Bonchev–Trinajstić information content (AvgIpc) is 3.18. The van der Waals surface area contributed by atoms with Gasteiger partial charge in [-0.05, 0) is 55.8 Å². The van der Waals surface area contributed by atoms with E-state index in [1.54, 1.807) is 38.0 Å². The molecule has 1 N–H and O–H groups in total. The molecule has 0 saturated carbocycles. The Morgan fingerprint density at radius 1 is 1.09 bits per heavy atom. The lowest BCUT2D eigenvalue weighted by molar-refractivity contribution is 0.0162. The van der Waals surface area contributed by atoms with Crippen LogP contribution < -0.4 is 14.8 Å². The molecule has 1 saturated heterocycles. The zero-order valence-corrected chi connectivity index (χ0v) is 20.5. The van der Waals surface area contributed by atoms with Gasteiger partial charge >= 0.3 is 0 Å². The number of hydrogen-bond acceptors (Lipinski definition) is 6. The Kier molecular flexibility index (Phi) is 7.67. The van der Waals surface area contributed by atoms with Gasteiger partial charge in [0.15, 0.2) is 11.5 Å². The van der Waals surface area contributed by atoms with Gasteiger partial charge in [-0.2, -0.15) is 5.10 Å². The van der Waals surface area contributed by atoms with Crippen LogP contribution in [0.2, 0.25) is 0 Å². The molecule has 1 aliphatic rings. The lowest BCUT2D eigenvalue weighted by atomic mass is 10.0. The third kappa shape index (κ3) is 5.31. The number of benzene rings is 2. The first-order valence-electron chi connectivity index (χ1n) is 11.6. The van der Waals surface area contributed by atoms with E-state index < -0.39 is 0 Å². The predicted molar refractivity (Wildman–Crippen MR) is 130 cm³/mol. The minimum absolute atomic E-state index is 0.0737. The molecule has 1 fully saturated rings. The molecule has 0 spiro atoms. The SMILES string of the molecule is COc1ccc(C(CNC(=O)c2c(C)nn(-c3ccc(F)cc3)c2C)N2CCOCC2)cc1OC. The lowest BCUT2D eigenvalue weighted by Gasteiger charge is -2.35. The van der Waals surface area contributed by atoms with Crippen LogP contribution in [0.3, 0.4) is 0 Å². The Balaban J connectivity index is 1.57. The summed E-state index contributed by atoms with van der Waals surface area (Å²) in [6.45, 7) is 6.84. The monoisotopic (exact) mass is 482 g/mol. The molecule has 0 bridgehead atoms. The standard InChI is InChI=1S/C26H31FN4O4/c1-17-25(18(2)31(29-17)21-8-6-20(27)7-9-21)26(32)28-16-22(30-11-13-35-14-12-30)19-5-10-23(33-3)24(15-19)34-4/h5-10,15,22H,11-14,16H2,1-4H3,(H,28,32). The summed E-state index contributed by atoms with van der Waals surface area (Å²) in [5.41, 5.74) is 3.53. The van der Waals surface area contributed by atoms with Crippen LogP contribution in [0.5, 0.6) is 11.5 Å². The smallest absolute Gasteiger partial charge is 0.255 e. The first kappa shape index (κ1) is 24.7. The molecule has 8 nitrogen and oxygen atoms in total. The number of amides is 1. The molecule has 1 atom stereocenters. The molecule has 1 unspecified atom stereocenters. The zero-order valence-electron chi connectivity index (χ0n) is 20.5. The van der Waals surface area contributed by atoms with Crippen molar-refractivity contribution in [2.45, 2.75) is 19.9 Å². The number of ether oxygens (including phenoxy) is 3. The number of aromatic nitrogens is 2. The largest absolute Gasteiger partial charge is 0.493 e. The van der Waals surface area contributed by atoms with Gasteiger partial charge in [0.05, 0.1) is 56.1 Å². The van der Waals surface area contributed by atoms with Gasteiger partial charge in [-0.25, -0.2) is 9.07 Å². The highest BCUT2D eigenvalue weighted by atomic mass is 19.1. The number of carbonyl (C=O) groups excluding carboxylic acids is 1. The molecule has 1 aromatic heterocycles. The van der Waals surface area contributed by atoms with Crippen molar-refractivity contribution in [3.8, 4) is 17.2 Å². The van der Waals surface area contributed by atoms with E-state index in [0.717, 1.165) is 18.7 Å². The van der Waals surface area contributed by atoms with Crippen molar-refractivity contribution in [3.63, 3.8) is 0 Å². The van der Waals surface area contributed by atoms with Gasteiger partial charge in [0, 0.05) is 19.6 Å². The lowest BCUT2D eigenvalue weighted by Crippen LogP contribution is -2.44. The summed E-state index contributed by atoms with van der Waals surface area (Å²) < 4.78 is 31.4. The van der Waals surface area contributed by atoms with Crippen LogP contribution in [-0.4, -0.2) is 67.7 Å². The van der Waals surface area contributed by atoms with E-state index in [1.807, 2.05) is 25.1 Å². The van der Waals surface area contributed by atoms with Crippen molar-refractivity contribution in [1.29, 1.82) is 0 Å². The van der Waals surface area contributed by atoms with Gasteiger partial charge in [-0.15, -0.1) is 0 Å². The van der Waals surface area contributed by atoms with Gasteiger partial charge in [0.2, 0.25) is 0 Å². The molecule has 4 rings (SSSR count). The van der Waals surface area contributed by atoms with Gasteiger partial charge in [0.1, 0.15) is 5.82 Å². The highest BCUT2D eigenvalue weighted by Crippen LogP contribution is 2.32. The number of halogens is 1. The molecular formula is C26H31FN4O4. The van der Waals surface area contributed by atoms with E-state index in [0.29, 0.717) is 53.9 Å². The summed E-state index contributed by atoms with van der Waals surface area (Å²) in [5.74, 6) is 0.770. The molecule has 1 aliphatic heterocycles. The fourth-order valence-electron chi connectivity index (χ4n) is 4.49. The third-order valence-corrected chi connectivity index (χ3v) is 6.32. The second-order valence-electron chi connectivity index (χ2n) is 8.42. The first-order chi connectivity index (χ1) is 16.9. The summed E-state index contributed by atoms with van der Waals surface area (Å²) >= 11 is 0. The Hall–Kier alpha value is -3.43. The van der Waals surface area contributed by atoms with Gasteiger partial charge in [-0.1, -0.05) is 6.07 Å². The Labute approximate surface area is 204 Å². The van der Waals surface area contributed by atoms with E-state index in [2.05, 4.69) is 15.3 Å².